The molecule has 2 N–H and O–H groups in total. The van der Waals surface area contributed by atoms with Crippen molar-refractivity contribution in [3.05, 3.63) is 17.5 Å². The Labute approximate surface area is 106 Å². The summed E-state index contributed by atoms with van der Waals surface area (Å²) in [5.74, 6) is -1.08. The van der Waals surface area contributed by atoms with Crippen molar-refractivity contribution in [1.29, 1.82) is 0 Å². The van der Waals surface area contributed by atoms with Crippen molar-refractivity contribution in [3.8, 4) is 0 Å². The second-order valence-corrected chi connectivity index (χ2v) is 4.35. The average molecular weight is 253 g/mol. The van der Waals surface area contributed by atoms with Crippen LogP contribution in [0.5, 0.6) is 0 Å². The molecular formula is C12H19N3O3. The zero-order valence-corrected chi connectivity index (χ0v) is 10.9. The second-order valence-electron chi connectivity index (χ2n) is 4.35. The molecule has 0 aliphatic carbocycles. The molecule has 18 heavy (non-hydrogen) atoms. The maximum atomic E-state index is 11.9. The molecule has 100 valence electrons. The molecule has 0 aliphatic heterocycles. The number of rotatable bonds is 6. The fourth-order valence-electron chi connectivity index (χ4n) is 1.66. The lowest BCUT2D eigenvalue weighted by Crippen LogP contribution is -2.30. The Hall–Kier alpha value is -1.85. The summed E-state index contributed by atoms with van der Waals surface area (Å²) >= 11 is 0. The largest absolute Gasteiger partial charge is 0.481 e. The van der Waals surface area contributed by atoms with E-state index >= 15 is 0 Å². The van der Waals surface area contributed by atoms with Crippen LogP contribution in [0.2, 0.25) is 0 Å². The van der Waals surface area contributed by atoms with E-state index in [4.69, 9.17) is 5.11 Å². The van der Waals surface area contributed by atoms with E-state index in [1.54, 1.807) is 11.7 Å². The lowest BCUT2D eigenvalue weighted by Gasteiger charge is -2.13. The number of carboxylic acids is 1. The van der Waals surface area contributed by atoms with Crippen LogP contribution in [0.15, 0.2) is 6.20 Å². The van der Waals surface area contributed by atoms with Gasteiger partial charge < -0.3 is 10.4 Å². The maximum absolute atomic E-state index is 11.9. The molecule has 0 spiro atoms. The number of carboxylic acid groups (broad SMARTS) is 1. The third kappa shape index (κ3) is 3.58. The van der Waals surface area contributed by atoms with Crippen LogP contribution in [0.4, 0.5) is 0 Å². The van der Waals surface area contributed by atoms with Crippen molar-refractivity contribution < 1.29 is 14.7 Å². The van der Waals surface area contributed by atoms with E-state index in [0.29, 0.717) is 12.1 Å². The number of aliphatic carboxylic acids is 1. The maximum Gasteiger partial charge on any atom is 0.303 e. The van der Waals surface area contributed by atoms with Gasteiger partial charge in [-0.25, -0.2) is 0 Å². The molecule has 1 unspecified atom stereocenters. The van der Waals surface area contributed by atoms with Gasteiger partial charge in [0.15, 0.2) is 0 Å². The standard InChI is InChI=1S/C12H19N3O3/c1-4-9(5-11(16)17)6-13-12(18)10-7-14-15(3)8(10)2/h7,9H,4-6H2,1-3H3,(H,13,18)(H,16,17). The van der Waals surface area contributed by atoms with Crippen LogP contribution >= 0.6 is 0 Å². The Morgan fingerprint density at radius 1 is 1.56 bits per heavy atom. The number of hydrogen-bond donors (Lipinski definition) is 2. The van der Waals surface area contributed by atoms with Gasteiger partial charge in [0.2, 0.25) is 0 Å². The Balaban J connectivity index is 2.55. The molecule has 1 amide bonds. The summed E-state index contributed by atoms with van der Waals surface area (Å²) in [6, 6.07) is 0. The van der Waals surface area contributed by atoms with E-state index in [0.717, 1.165) is 12.1 Å². The van der Waals surface area contributed by atoms with Gasteiger partial charge in [0.05, 0.1) is 11.8 Å². The highest BCUT2D eigenvalue weighted by atomic mass is 16.4. The molecule has 0 bridgehead atoms. The molecule has 6 heteroatoms. The summed E-state index contributed by atoms with van der Waals surface area (Å²) in [5, 5.41) is 15.5. The van der Waals surface area contributed by atoms with Crippen molar-refractivity contribution in [2.24, 2.45) is 13.0 Å². The van der Waals surface area contributed by atoms with Crippen LogP contribution in [0.25, 0.3) is 0 Å². The lowest BCUT2D eigenvalue weighted by atomic mass is 10.0. The molecule has 1 aromatic rings. The van der Waals surface area contributed by atoms with Gasteiger partial charge in [0, 0.05) is 25.7 Å². The molecule has 0 saturated carbocycles. The average Bonchev–Trinajstić information content (AvgIpc) is 2.64. The van der Waals surface area contributed by atoms with Crippen LogP contribution < -0.4 is 5.32 Å². The summed E-state index contributed by atoms with van der Waals surface area (Å²) < 4.78 is 1.63. The third-order valence-corrected chi connectivity index (χ3v) is 3.07. The fraction of sp³-hybridized carbons (Fsp3) is 0.583. The van der Waals surface area contributed by atoms with Gasteiger partial charge >= 0.3 is 5.97 Å². The van der Waals surface area contributed by atoms with E-state index in [9.17, 15) is 9.59 Å². The zero-order valence-electron chi connectivity index (χ0n) is 10.9. The first-order valence-corrected chi connectivity index (χ1v) is 5.94. The van der Waals surface area contributed by atoms with Crippen LogP contribution in [0.3, 0.4) is 0 Å². The lowest BCUT2D eigenvalue weighted by molar-refractivity contribution is -0.138. The number of aryl methyl sites for hydroxylation is 1. The Bertz CT molecular complexity index is 440. The predicted octanol–water partition coefficient (Wildman–Crippen LogP) is 0.959. The number of carbonyl (C=O) groups is 2. The van der Waals surface area contributed by atoms with Gasteiger partial charge in [0.25, 0.3) is 5.91 Å². The summed E-state index contributed by atoms with van der Waals surface area (Å²) in [7, 11) is 1.77. The summed E-state index contributed by atoms with van der Waals surface area (Å²) in [6.07, 6.45) is 2.31. The zero-order chi connectivity index (χ0) is 13.7. The third-order valence-electron chi connectivity index (χ3n) is 3.07. The normalized spacial score (nSPS) is 12.2. The van der Waals surface area contributed by atoms with Crippen LogP contribution in [0.1, 0.15) is 35.8 Å². The molecule has 1 heterocycles. The number of aromatic nitrogens is 2. The molecule has 0 radical (unpaired) electrons. The first-order valence-electron chi connectivity index (χ1n) is 5.94. The molecule has 1 atom stereocenters. The van der Waals surface area contributed by atoms with Gasteiger partial charge in [-0.1, -0.05) is 13.3 Å². The minimum atomic E-state index is -0.839. The molecule has 0 fully saturated rings. The molecule has 0 aromatic carbocycles. The molecular weight excluding hydrogens is 234 g/mol. The van der Waals surface area contributed by atoms with Crippen molar-refractivity contribution in [3.63, 3.8) is 0 Å². The number of hydrogen-bond acceptors (Lipinski definition) is 3. The Morgan fingerprint density at radius 3 is 2.67 bits per heavy atom. The predicted molar refractivity (Wildman–Crippen MR) is 66.3 cm³/mol. The highest BCUT2D eigenvalue weighted by molar-refractivity contribution is 5.95. The molecule has 1 aromatic heterocycles. The minimum absolute atomic E-state index is 0.0385. The Morgan fingerprint density at radius 2 is 2.22 bits per heavy atom. The van der Waals surface area contributed by atoms with Crippen molar-refractivity contribution in [2.45, 2.75) is 26.7 Å². The number of carbonyl (C=O) groups excluding carboxylic acids is 1. The highest BCUT2D eigenvalue weighted by Crippen LogP contribution is 2.09. The highest BCUT2D eigenvalue weighted by Gasteiger charge is 2.16. The first kappa shape index (κ1) is 14.2. The summed E-state index contributed by atoms with van der Waals surface area (Å²) in [6.45, 7) is 4.10. The monoisotopic (exact) mass is 253 g/mol. The van der Waals surface area contributed by atoms with Gasteiger partial charge in [-0.2, -0.15) is 5.10 Å². The fourth-order valence-corrected chi connectivity index (χ4v) is 1.66. The Kier molecular flexibility index (Phi) is 4.88. The molecule has 6 nitrogen and oxygen atoms in total. The quantitative estimate of drug-likeness (QED) is 0.790. The van der Waals surface area contributed by atoms with Gasteiger partial charge in [-0.3, -0.25) is 14.3 Å². The van der Waals surface area contributed by atoms with E-state index in [1.807, 2.05) is 13.8 Å². The number of amides is 1. The van der Waals surface area contributed by atoms with Crippen molar-refractivity contribution >= 4 is 11.9 Å². The van der Waals surface area contributed by atoms with Crippen LogP contribution in [-0.2, 0) is 11.8 Å². The van der Waals surface area contributed by atoms with Gasteiger partial charge in [-0.15, -0.1) is 0 Å². The summed E-state index contributed by atoms with van der Waals surface area (Å²) in [5.41, 5.74) is 1.32. The smallest absolute Gasteiger partial charge is 0.303 e. The van der Waals surface area contributed by atoms with E-state index in [2.05, 4.69) is 10.4 Å². The summed E-state index contributed by atoms with van der Waals surface area (Å²) in [4.78, 5) is 22.5. The molecule has 1 rings (SSSR count). The van der Waals surface area contributed by atoms with E-state index in [-0.39, 0.29) is 18.2 Å². The number of nitrogens with zero attached hydrogens (tertiary/aromatic N) is 2. The van der Waals surface area contributed by atoms with E-state index in [1.165, 1.54) is 6.20 Å². The SMILES string of the molecule is CCC(CNC(=O)c1cnn(C)c1C)CC(=O)O. The number of nitrogens with one attached hydrogen (secondary N) is 1. The minimum Gasteiger partial charge on any atom is -0.481 e. The van der Waals surface area contributed by atoms with Crippen LogP contribution in [-0.4, -0.2) is 33.3 Å². The van der Waals surface area contributed by atoms with Crippen LogP contribution in [0, 0.1) is 12.8 Å². The van der Waals surface area contributed by atoms with Gasteiger partial charge in [0.1, 0.15) is 0 Å². The van der Waals surface area contributed by atoms with Crippen molar-refractivity contribution in [2.75, 3.05) is 6.54 Å². The molecule has 0 aliphatic rings. The first-order chi connectivity index (χ1) is 8.45. The topological polar surface area (TPSA) is 84.2 Å². The van der Waals surface area contributed by atoms with Crippen molar-refractivity contribution in [1.82, 2.24) is 15.1 Å². The van der Waals surface area contributed by atoms with E-state index < -0.39 is 5.97 Å². The van der Waals surface area contributed by atoms with Gasteiger partial charge in [-0.05, 0) is 12.8 Å². The second kappa shape index (κ2) is 6.18. The molecule has 0 saturated heterocycles.